The topological polar surface area (TPSA) is 60.8 Å². The Balaban J connectivity index is 2.64. The van der Waals surface area contributed by atoms with E-state index in [1.807, 2.05) is 42.2 Å². The highest BCUT2D eigenvalue weighted by atomic mass is 16.4. The fourth-order valence-electron chi connectivity index (χ4n) is 1.62. The van der Waals surface area contributed by atoms with E-state index in [0.717, 1.165) is 5.56 Å². The van der Waals surface area contributed by atoms with Gasteiger partial charge in [-0.2, -0.15) is 0 Å². The molecule has 0 spiro atoms. The molecule has 0 bridgehead atoms. The van der Waals surface area contributed by atoms with Crippen molar-refractivity contribution in [2.45, 2.75) is 26.0 Å². The summed E-state index contributed by atoms with van der Waals surface area (Å²) in [5, 5.41) is 18.6. The fraction of sp³-hybridized carbons (Fsp3) is 0.462. The zero-order valence-electron chi connectivity index (χ0n) is 10.3. The molecule has 0 saturated carbocycles. The number of benzene rings is 1. The lowest BCUT2D eigenvalue weighted by atomic mass is 10.1. The van der Waals surface area contributed by atoms with Gasteiger partial charge in [0.15, 0.2) is 5.60 Å². The van der Waals surface area contributed by atoms with Gasteiger partial charge in [-0.05, 0) is 19.0 Å². The lowest BCUT2D eigenvalue weighted by Gasteiger charge is -2.27. The number of rotatable bonds is 6. The minimum atomic E-state index is -1.70. The highest BCUT2D eigenvalue weighted by Gasteiger charge is 2.31. The van der Waals surface area contributed by atoms with Crippen molar-refractivity contribution in [1.82, 2.24) is 4.90 Å². The molecule has 1 aromatic rings. The maximum absolute atomic E-state index is 10.8. The predicted molar refractivity (Wildman–Crippen MR) is 65.7 cm³/mol. The van der Waals surface area contributed by atoms with E-state index in [0.29, 0.717) is 13.1 Å². The molecule has 0 saturated heterocycles. The van der Waals surface area contributed by atoms with Crippen LogP contribution in [0.4, 0.5) is 0 Å². The van der Waals surface area contributed by atoms with Crippen molar-refractivity contribution in [1.29, 1.82) is 0 Å². The van der Waals surface area contributed by atoms with Gasteiger partial charge >= 0.3 is 5.97 Å². The van der Waals surface area contributed by atoms with Crippen molar-refractivity contribution >= 4 is 5.97 Å². The second kappa shape index (κ2) is 5.80. The standard InChI is InChI=1S/C13H19NO3/c1-3-14(10-13(2,17)12(15)16)9-11-7-5-4-6-8-11/h4-8,17H,3,9-10H2,1-2H3,(H,15,16). The summed E-state index contributed by atoms with van der Waals surface area (Å²) >= 11 is 0. The van der Waals surface area contributed by atoms with Crippen molar-refractivity contribution in [3.63, 3.8) is 0 Å². The number of likely N-dealkylation sites (N-methyl/N-ethyl adjacent to an activating group) is 1. The predicted octanol–water partition coefficient (Wildman–Crippen LogP) is 1.34. The second-order valence-corrected chi connectivity index (χ2v) is 4.37. The van der Waals surface area contributed by atoms with E-state index in [4.69, 9.17) is 5.11 Å². The van der Waals surface area contributed by atoms with E-state index in [2.05, 4.69) is 0 Å². The number of nitrogens with zero attached hydrogens (tertiary/aromatic N) is 1. The summed E-state index contributed by atoms with van der Waals surface area (Å²) in [4.78, 5) is 12.8. The van der Waals surface area contributed by atoms with Crippen LogP contribution in [0.25, 0.3) is 0 Å². The number of carboxylic acids is 1. The lowest BCUT2D eigenvalue weighted by molar-refractivity contribution is -0.158. The monoisotopic (exact) mass is 237 g/mol. The van der Waals surface area contributed by atoms with E-state index in [9.17, 15) is 9.90 Å². The number of hydrogen-bond donors (Lipinski definition) is 2. The van der Waals surface area contributed by atoms with Crippen LogP contribution in [0.5, 0.6) is 0 Å². The van der Waals surface area contributed by atoms with Crippen LogP contribution in [0, 0.1) is 0 Å². The number of aliphatic hydroxyl groups is 1. The largest absolute Gasteiger partial charge is 0.479 e. The smallest absolute Gasteiger partial charge is 0.336 e. The molecule has 0 amide bonds. The molecule has 0 heterocycles. The van der Waals surface area contributed by atoms with E-state index in [1.54, 1.807) is 0 Å². The van der Waals surface area contributed by atoms with Gasteiger partial charge in [0.05, 0.1) is 0 Å². The third kappa shape index (κ3) is 4.17. The van der Waals surface area contributed by atoms with E-state index in [-0.39, 0.29) is 6.54 Å². The van der Waals surface area contributed by atoms with Gasteiger partial charge in [-0.15, -0.1) is 0 Å². The van der Waals surface area contributed by atoms with E-state index in [1.165, 1.54) is 6.92 Å². The minimum absolute atomic E-state index is 0.119. The molecule has 4 heteroatoms. The Kier molecular flexibility index (Phi) is 4.66. The van der Waals surface area contributed by atoms with Crippen molar-refractivity contribution in [3.8, 4) is 0 Å². The Labute approximate surface area is 101 Å². The quantitative estimate of drug-likeness (QED) is 0.784. The molecular weight excluding hydrogens is 218 g/mol. The van der Waals surface area contributed by atoms with Gasteiger partial charge in [0, 0.05) is 13.1 Å². The van der Waals surface area contributed by atoms with E-state index < -0.39 is 11.6 Å². The van der Waals surface area contributed by atoms with Gasteiger partial charge in [-0.25, -0.2) is 4.79 Å². The molecule has 0 aliphatic rings. The van der Waals surface area contributed by atoms with Crippen LogP contribution < -0.4 is 0 Å². The maximum atomic E-state index is 10.8. The zero-order chi connectivity index (χ0) is 12.9. The number of carboxylic acid groups (broad SMARTS) is 1. The average Bonchev–Trinajstić information content (AvgIpc) is 2.29. The van der Waals surface area contributed by atoms with Crippen LogP contribution in [0.2, 0.25) is 0 Å². The van der Waals surface area contributed by atoms with Gasteiger partial charge in [0.2, 0.25) is 0 Å². The summed E-state index contributed by atoms with van der Waals surface area (Å²) in [6, 6.07) is 9.79. The molecule has 2 N–H and O–H groups in total. The summed E-state index contributed by atoms with van der Waals surface area (Å²) in [5.74, 6) is -1.19. The van der Waals surface area contributed by atoms with Crippen LogP contribution in [0.1, 0.15) is 19.4 Å². The summed E-state index contributed by atoms with van der Waals surface area (Å²) in [6.07, 6.45) is 0. The minimum Gasteiger partial charge on any atom is -0.479 e. The Hall–Kier alpha value is -1.39. The maximum Gasteiger partial charge on any atom is 0.336 e. The Bertz CT molecular complexity index is 362. The highest BCUT2D eigenvalue weighted by Crippen LogP contribution is 2.10. The first-order valence-electron chi connectivity index (χ1n) is 5.67. The first-order chi connectivity index (χ1) is 7.95. The zero-order valence-corrected chi connectivity index (χ0v) is 10.3. The number of carbonyl (C=O) groups is 1. The van der Waals surface area contributed by atoms with Crippen LogP contribution in [0.15, 0.2) is 30.3 Å². The molecule has 0 aliphatic carbocycles. The average molecular weight is 237 g/mol. The molecule has 17 heavy (non-hydrogen) atoms. The van der Waals surface area contributed by atoms with Crippen molar-refractivity contribution in [2.24, 2.45) is 0 Å². The molecular formula is C13H19NO3. The number of aliphatic carboxylic acids is 1. The van der Waals surface area contributed by atoms with Crippen LogP contribution in [0.3, 0.4) is 0 Å². The number of hydrogen-bond acceptors (Lipinski definition) is 3. The molecule has 1 rings (SSSR count). The molecule has 0 radical (unpaired) electrons. The Morgan fingerprint density at radius 2 is 1.94 bits per heavy atom. The van der Waals surface area contributed by atoms with Gasteiger partial charge in [-0.3, -0.25) is 4.90 Å². The first-order valence-corrected chi connectivity index (χ1v) is 5.67. The Morgan fingerprint density at radius 1 is 1.35 bits per heavy atom. The van der Waals surface area contributed by atoms with E-state index >= 15 is 0 Å². The lowest BCUT2D eigenvalue weighted by Crippen LogP contribution is -2.46. The Morgan fingerprint density at radius 3 is 2.41 bits per heavy atom. The molecule has 0 fully saturated rings. The van der Waals surface area contributed by atoms with Crippen molar-refractivity contribution in [2.75, 3.05) is 13.1 Å². The summed E-state index contributed by atoms with van der Waals surface area (Å²) in [7, 11) is 0. The summed E-state index contributed by atoms with van der Waals surface area (Å²) in [5.41, 5.74) is -0.597. The van der Waals surface area contributed by atoms with Crippen molar-refractivity contribution in [3.05, 3.63) is 35.9 Å². The van der Waals surface area contributed by atoms with Crippen LogP contribution in [-0.4, -0.2) is 39.8 Å². The van der Waals surface area contributed by atoms with Gasteiger partial charge in [-0.1, -0.05) is 37.3 Å². The summed E-state index contributed by atoms with van der Waals surface area (Å²) in [6.45, 7) is 4.72. The molecule has 1 aromatic carbocycles. The molecule has 0 aromatic heterocycles. The van der Waals surface area contributed by atoms with Gasteiger partial charge in [0.25, 0.3) is 0 Å². The molecule has 0 aliphatic heterocycles. The molecule has 4 nitrogen and oxygen atoms in total. The first kappa shape index (κ1) is 13.7. The molecule has 94 valence electrons. The van der Waals surface area contributed by atoms with Crippen LogP contribution in [-0.2, 0) is 11.3 Å². The van der Waals surface area contributed by atoms with Crippen LogP contribution >= 0.6 is 0 Å². The second-order valence-electron chi connectivity index (χ2n) is 4.37. The third-order valence-corrected chi connectivity index (χ3v) is 2.69. The molecule has 1 atom stereocenters. The SMILES string of the molecule is CCN(Cc1ccccc1)CC(C)(O)C(=O)O. The van der Waals surface area contributed by atoms with Gasteiger partial charge in [0.1, 0.15) is 0 Å². The fourth-order valence-corrected chi connectivity index (χ4v) is 1.62. The normalized spacial score (nSPS) is 14.6. The molecule has 1 unspecified atom stereocenters. The summed E-state index contributed by atoms with van der Waals surface area (Å²) < 4.78 is 0. The third-order valence-electron chi connectivity index (χ3n) is 2.69. The van der Waals surface area contributed by atoms with Gasteiger partial charge < -0.3 is 10.2 Å². The highest BCUT2D eigenvalue weighted by molar-refractivity contribution is 5.76. The van der Waals surface area contributed by atoms with Crippen molar-refractivity contribution < 1.29 is 15.0 Å².